The Morgan fingerprint density at radius 1 is 1.47 bits per heavy atom. The van der Waals surface area contributed by atoms with Gasteiger partial charge >= 0.3 is 0 Å². The van der Waals surface area contributed by atoms with Crippen molar-refractivity contribution < 1.29 is 13.2 Å². The summed E-state index contributed by atoms with van der Waals surface area (Å²) in [5.41, 5.74) is 0.235. The zero-order valence-corrected chi connectivity index (χ0v) is 12.9. The van der Waals surface area contributed by atoms with Crippen molar-refractivity contribution in [1.29, 1.82) is 0 Å². The van der Waals surface area contributed by atoms with Gasteiger partial charge in [-0.25, -0.2) is 12.7 Å². The molecule has 0 fully saturated rings. The number of hydrogen-bond donors (Lipinski definition) is 1. The fourth-order valence-electron chi connectivity index (χ4n) is 1.27. The lowest BCUT2D eigenvalue weighted by Gasteiger charge is -2.13. The molecule has 0 unspecified atom stereocenters. The normalized spacial score (nSPS) is 11.1. The maximum atomic E-state index is 12.1. The molecule has 0 aromatic heterocycles. The summed E-state index contributed by atoms with van der Waals surface area (Å²) in [5.74, 6) is 1.86. The van der Waals surface area contributed by atoms with Crippen LogP contribution in [0.4, 0.5) is 0 Å². The molecule has 0 saturated carbocycles. The van der Waals surface area contributed by atoms with Gasteiger partial charge in [-0.15, -0.1) is 6.42 Å². The van der Waals surface area contributed by atoms with Crippen molar-refractivity contribution in [2.45, 2.75) is 4.90 Å². The molecular weight excluding hydrogens is 332 g/mol. The van der Waals surface area contributed by atoms with E-state index in [-0.39, 0.29) is 17.0 Å². The maximum Gasteiger partial charge on any atom is 0.252 e. The van der Waals surface area contributed by atoms with Crippen LogP contribution in [0.3, 0.4) is 0 Å². The molecule has 1 amide bonds. The smallest absolute Gasteiger partial charge is 0.252 e. The highest BCUT2D eigenvalue weighted by Gasteiger charge is 2.22. The van der Waals surface area contributed by atoms with Gasteiger partial charge < -0.3 is 5.32 Å². The number of amides is 1. The molecule has 0 heterocycles. The SMILES string of the molecule is C#CCNC(=O)c1ccc(Br)c(S(=O)(=O)N(C)C)c1. The average Bonchev–Trinajstić information content (AvgIpc) is 2.36. The molecule has 0 aliphatic carbocycles. The average molecular weight is 345 g/mol. The molecule has 1 aromatic carbocycles. The van der Waals surface area contributed by atoms with E-state index in [9.17, 15) is 13.2 Å². The van der Waals surface area contributed by atoms with Crippen LogP contribution in [-0.4, -0.2) is 39.3 Å². The molecule has 0 spiro atoms. The molecule has 5 nitrogen and oxygen atoms in total. The Morgan fingerprint density at radius 3 is 2.63 bits per heavy atom. The standard InChI is InChI=1S/C12H13BrN2O3S/c1-4-7-14-12(16)9-5-6-10(13)11(8-9)19(17,18)15(2)3/h1,5-6,8H,7H2,2-3H3,(H,14,16). The van der Waals surface area contributed by atoms with Crippen LogP contribution in [-0.2, 0) is 10.0 Å². The lowest BCUT2D eigenvalue weighted by molar-refractivity contribution is 0.0958. The molecule has 7 heteroatoms. The molecule has 1 N–H and O–H groups in total. The minimum atomic E-state index is -3.62. The van der Waals surface area contributed by atoms with E-state index in [1.807, 2.05) is 0 Å². The van der Waals surface area contributed by atoms with Crippen LogP contribution in [0.25, 0.3) is 0 Å². The highest BCUT2D eigenvalue weighted by molar-refractivity contribution is 9.10. The van der Waals surface area contributed by atoms with E-state index >= 15 is 0 Å². The van der Waals surface area contributed by atoms with Crippen LogP contribution in [0.2, 0.25) is 0 Å². The third kappa shape index (κ3) is 3.56. The molecule has 0 saturated heterocycles. The van der Waals surface area contributed by atoms with E-state index in [4.69, 9.17) is 6.42 Å². The van der Waals surface area contributed by atoms with Crippen LogP contribution in [0.5, 0.6) is 0 Å². The molecule has 1 rings (SSSR count). The van der Waals surface area contributed by atoms with E-state index in [1.165, 1.54) is 32.3 Å². The number of nitrogens with one attached hydrogen (secondary N) is 1. The van der Waals surface area contributed by atoms with Crippen molar-refractivity contribution in [2.75, 3.05) is 20.6 Å². The summed E-state index contributed by atoms with van der Waals surface area (Å²) in [6, 6.07) is 4.34. The Hall–Kier alpha value is -1.36. The van der Waals surface area contributed by atoms with Gasteiger partial charge in [-0.3, -0.25) is 4.79 Å². The number of sulfonamides is 1. The van der Waals surface area contributed by atoms with Crippen LogP contribution in [0.15, 0.2) is 27.6 Å². The molecular formula is C12H13BrN2O3S. The van der Waals surface area contributed by atoms with E-state index < -0.39 is 15.9 Å². The monoisotopic (exact) mass is 344 g/mol. The summed E-state index contributed by atoms with van der Waals surface area (Å²) in [7, 11) is -0.771. The summed E-state index contributed by atoms with van der Waals surface area (Å²) in [5, 5.41) is 2.48. The number of carbonyl (C=O) groups is 1. The van der Waals surface area contributed by atoms with E-state index in [0.29, 0.717) is 4.47 Å². The molecule has 0 atom stereocenters. The number of nitrogens with zero attached hydrogens (tertiary/aromatic N) is 1. The predicted molar refractivity (Wildman–Crippen MR) is 76.2 cm³/mol. The van der Waals surface area contributed by atoms with Crippen molar-refractivity contribution >= 4 is 31.9 Å². The van der Waals surface area contributed by atoms with Crippen molar-refractivity contribution in [3.05, 3.63) is 28.2 Å². The Morgan fingerprint density at radius 2 is 2.11 bits per heavy atom. The van der Waals surface area contributed by atoms with Crippen molar-refractivity contribution in [1.82, 2.24) is 9.62 Å². The number of carbonyl (C=O) groups excluding carboxylic acids is 1. The second kappa shape index (κ2) is 6.19. The van der Waals surface area contributed by atoms with Crippen LogP contribution in [0.1, 0.15) is 10.4 Å². The van der Waals surface area contributed by atoms with E-state index in [2.05, 4.69) is 27.2 Å². The lowest BCUT2D eigenvalue weighted by Crippen LogP contribution is -2.25. The fourth-order valence-corrected chi connectivity index (χ4v) is 3.12. The van der Waals surface area contributed by atoms with Crippen LogP contribution >= 0.6 is 15.9 Å². The Labute approximate surface area is 121 Å². The van der Waals surface area contributed by atoms with Gasteiger partial charge in [-0.1, -0.05) is 5.92 Å². The van der Waals surface area contributed by atoms with Gasteiger partial charge in [-0.05, 0) is 34.1 Å². The highest BCUT2D eigenvalue weighted by atomic mass is 79.9. The number of hydrogen-bond acceptors (Lipinski definition) is 3. The second-order valence-electron chi connectivity index (χ2n) is 3.82. The zero-order valence-electron chi connectivity index (χ0n) is 10.5. The molecule has 1 aromatic rings. The van der Waals surface area contributed by atoms with Gasteiger partial charge in [0.15, 0.2) is 0 Å². The second-order valence-corrected chi connectivity index (χ2v) is 6.79. The summed E-state index contributed by atoms with van der Waals surface area (Å²) in [4.78, 5) is 11.8. The quantitative estimate of drug-likeness (QED) is 0.830. The minimum absolute atomic E-state index is 0.0332. The minimum Gasteiger partial charge on any atom is -0.341 e. The summed E-state index contributed by atoms with van der Waals surface area (Å²) in [6.45, 7) is 0.0880. The van der Waals surface area contributed by atoms with Gasteiger partial charge in [-0.2, -0.15) is 0 Å². The largest absolute Gasteiger partial charge is 0.341 e. The highest BCUT2D eigenvalue weighted by Crippen LogP contribution is 2.25. The maximum absolute atomic E-state index is 12.1. The lowest BCUT2D eigenvalue weighted by atomic mass is 10.2. The van der Waals surface area contributed by atoms with Crippen LogP contribution < -0.4 is 5.32 Å². The number of terminal acetylenes is 1. The van der Waals surface area contributed by atoms with Gasteiger partial charge in [0.2, 0.25) is 10.0 Å². The first-order valence-electron chi connectivity index (χ1n) is 5.24. The molecule has 19 heavy (non-hydrogen) atoms. The Kier molecular flexibility index (Phi) is 5.11. The van der Waals surface area contributed by atoms with E-state index in [1.54, 1.807) is 0 Å². The Balaban J connectivity index is 3.23. The van der Waals surface area contributed by atoms with Gasteiger partial charge in [0, 0.05) is 24.1 Å². The van der Waals surface area contributed by atoms with Crippen molar-refractivity contribution in [2.24, 2.45) is 0 Å². The van der Waals surface area contributed by atoms with Crippen molar-refractivity contribution in [3.63, 3.8) is 0 Å². The number of halogens is 1. The molecule has 0 aliphatic heterocycles. The van der Waals surface area contributed by atoms with Gasteiger partial charge in [0.1, 0.15) is 0 Å². The topological polar surface area (TPSA) is 66.5 Å². The zero-order chi connectivity index (χ0) is 14.6. The first-order valence-corrected chi connectivity index (χ1v) is 7.47. The first kappa shape index (κ1) is 15.7. The van der Waals surface area contributed by atoms with E-state index in [0.717, 1.165) is 4.31 Å². The number of benzene rings is 1. The van der Waals surface area contributed by atoms with Crippen LogP contribution in [0, 0.1) is 12.3 Å². The van der Waals surface area contributed by atoms with Gasteiger partial charge in [0.25, 0.3) is 5.91 Å². The summed E-state index contributed by atoms with van der Waals surface area (Å²) in [6.07, 6.45) is 5.04. The molecule has 102 valence electrons. The summed E-state index contributed by atoms with van der Waals surface area (Å²) < 4.78 is 25.6. The first-order chi connectivity index (χ1) is 8.80. The molecule has 0 bridgehead atoms. The predicted octanol–water partition coefficient (Wildman–Crippen LogP) is 1.06. The number of rotatable bonds is 4. The van der Waals surface area contributed by atoms with Gasteiger partial charge in [0.05, 0.1) is 11.4 Å². The molecule has 0 aliphatic rings. The molecule has 0 radical (unpaired) electrons. The third-order valence-electron chi connectivity index (χ3n) is 2.30. The van der Waals surface area contributed by atoms with Crippen molar-refractivity contribution in [3.8, 4) is 12.3 Å². The summed E-state index contributed by atoms with van der Waals surface area (Å²) >= 11 is 3.17. The third-order valence-corrected chi connectivity index (χ3v) is 5.11. The fraction of sp³-hybridized carbons (Fsp3) is 0.250. The Bertz CT molecular complexity index is 633.